The molecule has 0 spiro atoms. The number of aryl methyl sites for hydroxylation is 1. The highest BCUT2D eigenvalue weighted by Gasteiger charge is 2.29. The Morgan fingerprint density at radius 2 is 2.00 bits per heavy atom. The number of aliphatic hydroxyl groups excluding tert-OH is 2. The molecule has 0 saturated heterocycles. The number of amides is 1. The second kappa shape index (κ2) is 6.58. The number of hydrogen-bond donors (Lipinski definition) is 2. The molecule has 1 aliphatic rings. The molecule has 2 rings (SSSR count). The number of hydrogen-bond acceptors (Lipinski definition) is 3. The summed E-state index contributed by atoms with van der Waals surface area (Å²) in [6.07, 6.45) is 2.57. The van der Waals surface area contributed by atoms with E-state index < -0.39 is 5.41 Å². The van der Waals surface area contributed by atoms with Crippen LogP contribution in [0.15, 0.2) is 24.3 Å². The summed E-state index contributed by atoms with van der Waals surface area (Å²) in [5.74, 6) is 0.371. The summed E-state index contributed by atoms with van der Waals surface area (Å²) in [5, 5.41) is 18.7. The van der Waals surface area contributed by atoms with Crippen LogP contribution in [0, 0.1) is 5.41 Å². The fraction of sp³-hybridized carbons (Fsp3) is 0.588. The van der Waals surface area contributed by atoms with E-state index in [-0.39, 0.29) is 19.1 Å². The van der Waals surface area contributed by atoms with Crippen LogP contribution in [0.4, 0.5) is 0 Å². The van der Waals surface area contributed by atoms with Gasteiger partial charge in [-0.3, -0.25) is 4.79 Å². The van der Waals surface area contributed by atoms with Gasteiger partial charge in [0.1, 0.15) is 0 Å². The van der Waals surface area contributed by atoms with E-state index in [4.69, 9.17) is 0 Å². The Labute approximate surface area is 126 Å². The van der Waals surface area contributed by atoms with Gasteiger partial charge in [-0.05, 0) is 29.9 Å². The lowest BCUT2D eigenvalue weighted by atomic mass is 9.91. The van der Waals surface area contributed by atoms with Crippen molar-refractivity contribution in [3.05, 3.63) is 35.4 Å². The molecule has 1 aromatic rings. The molecule has 0 aromatic heterocycles. The van der Waals surface area contributed by atoms with Crippen molar-refractivity contribution in [3.63, 3.8) is 0 Å². The molecular formula is C17H25NO3. The summed E-state index contributed by atoms with van der Waals surface area (Å²) in [4.78, 5) is 14.0. The zero-order chi connectivity index (χ0) is 15.5. The lowest BCUT2D eigenvalue weighted by Crippen LogP contribution is -2.41. The molecule has 0 aliphatic heterocycles. The molecule has 1 amide bonds. The third kappa shape index (κ3) is 3.63. The van der Waals surface area contributed by atoms with E-state index in [0.717, 1.165) is 12.8 Å². The number of nitrogens with zero attached hydrogens (tertiary/aromatic N) is 1. The third-order valence-electron chi connectivity index (χ3n) is 4.49. The topological polar surface area (TPSA) is 60.8 Å². The Morgan fingerprint density at radius 3 is 2.67 bits per heavy atom. The fourth-order valence-corrected chi connectivity index (χ4v) is 3.03. The smallest absolute Gasteiger partial charge is 0.222 e. The molecule has 0 unspecified atom stereocenters. The summed E-state index contributed by atoms with van der Waals surface area (Å²) in [6, 6.07) is 8.33. The van der Waals surface area contributed by atoms with Gasteiger partial charge in [-0.15, -0.1) is 0 Å². The highest BCUT2D eigenvalue weighted by Crippen LogP contribution is 2.35. The van der Waals surface area contributed by atoms with E-state index in [0.29, 0.717) is 18.9 Å². The van der Waals surface area contributed by atoms with Crippen molar-refractivity contribution in [2.45, 2.75) is 32.1 Å². The van der Waals surface area contributed by atoms with E-state index in [1.807, 2.05) is 12.1 Å². The maximum Gasteiger partial charge on any atom is 0.222 e. The molecule has 0 saturated carbocycles. The summed E-state index contributed by atoms with van der Waals surface area (Å²) in [5.41, 5.74) is 2.01. The summed E-state index contributed by atoms with van der Waals surface area (Å²) < 4.78 is 0. The molecule has 1 atom stereocenters. The fourth-order valence-electron chi connectivity index (χ4n) is 3.03. The van der Waals surface area contributed by atoms with Gasteiger partial charge < -0.3 is 15.1 Å². The van der Waals surface area contributed by atoms with Gasteiger partial charge in [-0.1, -0.05) is 31.2 Å². The standard InChI is InChI=1S/C17H25NO3/c1-17(11-19,12-20)10-18(2)16(21)9-14-8-7-13-5-3-4-6-15(13)14/h3-6,14,19-20H,7-12H2,1-2H3/t14-/m1/s1. The highest BCUT2D eigenvalue weighted by molar-refractivity contribution is 5.77. The van der Waals surface area contributed by atoms with Crippen molar-refractivity contribution in [3.8, 4) is 0 Å². The van der Waals surface area contributed by atoms with Gasteiger partial charge in [-0.25, -0.2) is 0 Å². The molecular weight excluding hydrogens is 266 g/mol. The quantitative estimate of drug-likeness (QED) is 0.836. The van der Waals surface area contributed by atoms with E-state index in [9.17, 15) is 15.0 Å². The van der Waals surface area contributed by atoms with Crippen LogP contribution in [0.3, 0.4) is 0 Å². The Kier molecular flexibility index (Phi) is 5.01. The Bertz CT molecular complexity index is 497. The Hall–Kier alpha value is -1.39. The molecule has 21 heavy (non-hydrogen) atoms. The third-order valence-corrected chi connectivity index (χ3v) is 4.49. The first kappa shape index (κ1) is 16.0. The molecule has 0 radical (unpaired) electrons. The molecule has 4 nitrogen and oxygen atoms in total. The first-order chi connectivity index (χ1) is 9.99. The van der Waals surface area contributed by atoms with Gasteiger partial charge >= 0.3 is 0 Å². The van der Waals surface area contributed by atoms with Crippen LogP contribution in [-0.2, 0) is 11.2 Å². The molecule has 1 aliphatic carbocycles. The Morgan fingerprint density at radius 1 is 1.33 bits per heavy atom. The first-order valence-corrected chi connectivity index (χ1v) is 7.52. The molecule has 0 bridgehead atoms. The first-order valence-electron chi connectivity index (χ1n) is 7.52. The average Bonchev–Trinajstić information content (AvgIpc) is 2.90. The van der Waals surface area contributed by atoms with Gasteiger partial charge in [-0.2, -0.15) is 0 Å². The van der Waals surface area contributed by atoms with E-state index >= 15 is 0 Å². The molecule has 0 fully saturated rings. The summed E-state index contributed by atoms with van der Waals surface area (Å²) >= 11 is 0. The van der Waals surface area contributed by atoms with Gasteiger partial charge in [0, 0.05) is 25.4 Å². The van der Waals surface area contributed by atoms with Crippen molar-refractivity contribution in [1.82, 2.24) is 4.90 Å². The number of carbonyl (C=O) groups excluding carboxylic acids is 1. The number of benzene rings is 1. The molecule has 4 heteroatoms. The summed E-state index contributed by atoms with van der Waals surface area (Å²) in [6.45, 7) is 1.88. The second-order valence-corrected chi connectivity index (χ2v) is 6.52. The summed E-state index contributed by atoms with van der Waals surface area (Å²) in [7, 11) is 1.74. The minimum Gasteiger partial charge on any atom is -0.396 e. The largest absolute Gasteiger partial charge is 0.396 e. The van der Waals surface area contributed by atoms with Crippen LogP contribution in [0.25, 0.3) is 0 Å². The van der Waals surface area contributed by atoms with Crippen LogP contribution in [0.2, 0.25) is 0 Å². The van der Waals surface area contributed by atoms with Crippen molar-refractivity contribution in [1.29, 1.82) is 0 Å². The van der Waals surface area contributed by atoms with Crippen LogP contribution in [0.5, 0.6) is 0 Å². The highest BCUT2D eigenvalue weighted by atomic mass is 16.3. The van der Waals surface area contributed by atoms with Crippen LogP contribution >= 0.6 is 0 Å². The maximum atomic E-state index is 12.4. The van der Waals surface area contributed by atoms with E-state index in [2.05, 4.69) is 12.1 Å². The van der Waals surface area contributed by atoms with Crippen molar-refractivity contribution in [2.24, 2.45) is 5.41 Å². The predicted molar refractivity (Wildman–Crippen MR) is 82.0 cm³/mol. The van der Waals surface area contributed by atoms with Crippen molar-refractivity contribution >= 4 is 5.91 Å². The minimum absolute atomic E-state index is 0.0739. The van der Waals surface area contributed by atoms with Gasteiger partial charge in [0.2, 0.25) is 5.91 Å². The predicted octanol–water partition coefficient (Wildman–Crippen LogP) is 1.56. The van der Waals surface area contributed by atoms with Crippen LogP contribution < -0.4 is 0 Å². The number of aliphatic hydroxyl groups is 2. The number of rotatable bonds is 6. The molecule has 0 heterocycles. The van der Waals surface area contributed by atoms with E-state index in [1.165, 1.54) is 11.1 Å². The van der Waals surface area contributed by atoms with Crippen molar-refractivity contribution < 1.29 is 15.0 Å². The van der Waals surface area contributed by atoms with Gasteiger partial charge in [0.25, 0.3) is 0 Å². The van der Waals surface area contributed by atoms with Gasteiger partial charge in [0.15, 0.2) is 0 Å². The monoisotopic (exact) mass is 291 g/mol. The second-order valence-electron chi connectivity index (χ2n) is 6.52. The molecule has 116 valence electrons. The van der Waals surface area contributed by atoms with Crippen LogP contribution in [-0.4, -0.2) is 47.8 Å². The van der Waals surface area contributed by atoms with Crippen molar-refractivity contribution in [2.75, 3.05) is 26.8 Å². The average molecular weight is 291 g/mol. The zero-order valence-corrected chi connectivity index (χ0v) is 12.9. The lowest BCUT2D eigenvalue weighted by molar-refractivity contribution is -0.132. The minimum atomic E-state index is -0.641. The van der Waals surface area contributed by atoms with Crippen LogP contribution in [0.1, 0.15) is 36.8 Å². The maximum absolute atomic E-state index is 12.4. The normalized spacial score (nSPS) is 17.6. The number of carbonyl (C=O) groups is 1. The molecule has 1 aromatic carbocycles. The lowest BCUT2D eigenvalue weighted by Gasteiger charge is -2.31. The zero-order valence-electron chi connectivity index (χ0n) is 12.9. The van der Waals surface area contributed by atoms with Gasteiger partial charge in [0.05, 0.1) is 13.2 Å². The Balaban J connectivity index is 1.96. The SMILES string of the molecule is CN(CC(C)(CO)CO)C(=O)C[C@H]1CCc2ccccc21. The number of fused-ring (bicyclic) bond motifs is 1. The molecule has 2 N–H and O–H groups in total. The van der Waals surface area contributed by atoms with E-state index in [1.54, 1.807) is 18.9 Å².